The second-order valence-corrected chi connectivity index (χ2v) is 4.41. The molecule has 0 saturated carbocycles. The topological polar surface area (TPSA) is 54.4 Å². The molecule has 0 radical (unpaired) electrons. The summed E-state index contributed by atoms with van der Waals surface area (Å²) in [5, 5.41) is 8.09. The zero-order valence-corrected chi connectivity index (χ0v) is 9.16. The molecule has 1 aromatic carbocycles. The minimum atomic E-state index is -0.888. The lowest BCUT2D eigenvalue weighted by Gasteiger charge is -2.04. The first kappa shape index (κ1) is 11.8. The number of Topliss-reactive ketones (excluding diaryl/α,β-unsaturated/α-hetero) is 1. The van der Waals surface area contributed by atoms with Crippen LogP contribution in [0.15, 0.2) is 30.3 Å². The Hall–Kier alpha value is -1.29. The van der Waals surface area contributed by atoms with Crippen LogP contribution in [0.4, 0.5) is 0 Å². The Labute approximate surface area is 92.5 Å². The number of carboxylic acid groups (broad SMARTS) is 1. The third-order valence-corrected chi connectivity index (χ3v) is 3.04. The SMILES string of the molecule is C[C@@H](SCC(=O)c1ccccc1)C(=O)O. The van der Waals surface area contributed by atoms with Crippen molar-refractivity contribution in [1.29, 1.82) is 0 Å². The van der Waals surface area contributed by atoms with Crippen LogP contribution in [0.2, 0.25) is 0 Å². The van der Waals surface area contributed by atoms with Gasteiger partial charge in [0.1, 0.15) is 0 Å². The average Bonchev–Trinajstić information content (AvgIpc) is 2.26. The normalized spacial score (nSPS) is 12.1. The van der Waals surface area contributed by atoms with Crippen molar-refractivity contribution in [2.45, 2.75) is 12.2 Å². The molecule has 3 nitrogen and oxygen atoms in total. The molecule has 0 aliphatic carbocycles. The fourth-order valence-electron chi connectivity index (χ4n) is 0.979. The van der Waals surface area contributed by atoms with E-state index in [1.807, 2.05) is 6.07 Å². The molecule has 15 heavy (non-hydrogen) atoms. The zero-order chi connectivity index (χ0) is 11.3. The van der Waals surface area contributed by atoms with Gasteiger partial charge >= 0.3 is 5.97 Å². The van der Waals surface area contributed by atoms with Gasteiger partial charge in [0.2, 0.25) is 0 Å². The number of carbonyl (C=O) groups excluding carboxylic acids is 1. The van der Waals surface area contributed by atoms with Crippen molar-refractivity contribution in [2.75, 3.05) is 5.75 Å². The third kappa shape index (κ3) is 3.75. The van der Waals surface area contributed by atoms with E-state index in [0.29, 0.717) is 5.56 Å². The highest BCUT2D eigenvalue weighted by atomic mass is 32.2. The molecule has 4 heteroatoms. The van der Waals surface area contributed by atoms with Crippen LogP contribution in [-0.4, -0.2) is 27.9 Å². The summed E-state index contributed by atoms with van der Waals surface area (Å²) in [5.74, 6) is -0.716. The van der Waals surface area contributed by atoms with Crippen molar-refractivity contribution in [2.24, 2.45) is 0 Å². The van der Waals surface area contributed by atoms with Gasteiger partial charge in [-0.2, -0.15) is 0 Å². The van der Waals surface area contributed by atoms with Gasteiger partial charge in [0, 0.05) is 5.56 Å². The average molecular weight is 224 g/mol. The first-order valence-electron chi connectivity index (χ1n) is 4.54. The third-order valence-electron chi connectivity index (χ3n) is 1.91. The fraction of sp³-hybridized carbons (Fsp3) is 0.273. The summed E-state index contributed by atoms with van der Waals surface area (Å²) >= 11 is 1.14. The Morgan fingerprint density at radius 2 is 1.93 bits per heavy atom. The molecule has 0 aromatic heterocycles. The van der Waals surface area contributed by atoms with Crippen molar-refractivity contribution in [1.82, 2.24) is 0 Å². The molecule has 0 aliphatic heterocycles. The van der Waals surface area contributed by atoms with Gasteiger partial charge in [0.25, 0.3) is 0 Å². The monoisotopic (exact) mass is 224 g/mol. The van der Waals surface area contributed by atoms with E-state index in [2.05, 4.69) is 0 Å². The van der Waals surface area contributed by atoms with Crippen molar-refractivity contribution in [3.05, 3.63) is 35.9 Å². The number of rotatable bonds is 5. The van der Waals surface area contributed by atoms with Crippen molar-refractivity contribution in [3.63, 3.8) is 0 Å². The van der Waals surface area contributed by atoms with Crippen molar-refractivity contribution in [3.8, 4) is 0 Å². The number of hydrogen-bond acceptors (Lipinski definition) is 3. The predicted molar refractivity (Wildman–Crippen MR) is 60.3 cm³/mol. The van der Waals surface area contributed by atoms with Gasteiger partial charge in [-0.05, 0) is 6.92 Å². The van der Waals surface area contributed by atoms with Crippen molar-refractivity contribution >= 4 is 23.5 Å². The molecule has 0 bridgehead atoms. The number of thioether (sulfide) groups is 1. The Morgan fingerprint density at radius 1 is 1.33 bits per heavy atom. The summed E-state index contributed by atoms with van der Waals surface area (Å²) in [6, 6.07) is 8.88. The number of carboxylic acids is 1. The maximum Gasteiger partial charge on any atom is 0.316 e. The molecule has 1 atom stereocenters. The molecule has 80 valence electrons. The number of carbonyl (C=O) groups is 2. The van der Waals surface area contributed by atoms with Crippen LogP contribution in [0.5, 0.6) is 0 Å². The van der Waals surface area contributed by atoms with Gasteiger partial charge in [-0.1, -0.05) is 30.3 Å². The van der Waals surface area contributed by atoms with Crippen LogP contribution in [0.3, 0.4) is 0 Å². The minimum absolute atomic E-state index is 0.0336. The lowest BCUT2D eigenvalue weighted by atomic mass is 10.2. The summed E-state index contributed by atoms with van der Waals surface area (Å²) in [5.41, 5.74) is 0.627. The van der Waals surface area contributed by atoms with Crippen LogP contribution >= 0.6 is 11.8 Å². The summed E-state index contributed by atoms with van der Waals surface area (Å²) in [7, 11) is 0. The standard InChI is InChI=1S/C11H12O3S/c1-8(11(13)14)15-7-10(12)9-5-3-2-4-6-9/h2-6,8H,7H2,1H3,(H,13,14)/t8-/m1/s1. The summed E-state index contributed by atoms with van der Waals surface area (Å²) in [6.07, 6.45) is 0. The highest BCUT2D eigenvalue weighted by molar-refractivity contribution is 8.01. The molecular formula is C11H12O3S. The number of ketones is 1. The van der Waals surface area contributed by atoms with Gasteiger partial charge in [-0.15, -0.1) is 11.8 Å². The van der Waals surface area contributed by atoms with Gasteiger partial charge in [0.05, 0.1) is 11.0 Å². The zero-order valence-electron chi connectivity index (χ0n) is 8.34. The van der Waals surface area contributed by atoms with E-state index in [4.69, 9.17) is 5.11 Å². The van der Waals surface area contributed by atoms with E-state index < -0.39 is 11.2 Å². The smallest absolute Gasteiger partial charge is 0.316 e. The summed E-state index contributed by atoms with van der Waals surface area (Å²) < 4.78 is 0. The van der Waals surface area contributed by atoms with E-state index >= 15 is 0 Å². The highest BCUT2D eigenvalue weighted by Gasteiger charge is 2.14. The molecular weight excluding hydrogens is 212 g/mol. The fourth-order valence-corrected chi connectivity index (χ4v) is 1.69. The molecule has 0 fully saturated rings. The van der Waals surface area contributed by atoms with Crippen LogP contribution in [0.25, 0.3) is 0 Å². The molecule has 0 aliphatic rings. The second kappa shape index (κ2) is 5.56. The number of aliphatic carboxylic acids is 1. The molecule has 0 unspecified atom stereocenters. The van der Waals surface area contributed by atoms with Crippen molar-refractivity contribution < 1.29 is 14.7 Å². The quantitative estimate of drug-likeness (QED) is 0.778. The van der Waals surface area contributed by atoms with E-state index in [1.54, 1.807) is 31.2 Å². The van der Waals surface area contributed by atoms with Gasteiger partial charge < -0.3 is 5.11 Å². The molecule has 0 heterocycles. The van der Waals surface area contributed by atoms with E-state index in [-0.39, 0.29) is 11.5 Å². The molecule has 1 rings (SSSR count). The molecule has 0 spiro atoms. The van der Waals surface area contributed by atoms with E-state index in [9.17, 15) is 9.59 Å². The first-order chi connectivity index (χ1) is 7.11. The summed E-state index contributed by atoms with van der Waals surface area (Å²) in [6.45, 7) is 1.57. The minimum Gasteiger partial charge on any atom is -0.480 e. The number of hydrogen-bond donors (Lipinski definition) is 1. The Balaban J connectivity index is 2.47. The Kier molecular flexibility index (Phi) is 4.37. The maximum atomic E-state index is 11.6. The lowest BCUT2D eigenvalue weighted by Crippen LogP contribution is -2.14. The molecule has 1 N–H and O–H groups in total. The van der Waals surface area contributed by atoms with E-state index in [0.717, 1.165) is 11.8 Å². The number of benzene rings is 1. The summed E-state index contributed by atoms with van der Waals surface area (Å²) in [4.78, 5) is 22.1. The second-order valence-electron chi connectivity index (χ2n) is 3.08. The van der Waals surface area contributed by atoms with Gasteiger partial charge in [0.15, 0.2) is 5.78 Å². The molecule has 0 amide bonds. The van der Waals surface area contributed by atoms with E-state index in [1.165, 1.54) is 0 Å². The van der Waals surface area contributed by atoms with Crippen LogP contribution in [-0.2, 0) is 4.79 Å². The largest absolute Gasteiger partial charge is 0.480 e. The predicted octanol–water partition coefficient (Wildman–Crippen LogP) is 2.08. The first-order valence-corrected chi connectivity index (χ1v) is 5.59. The molecule has 1 aromatic rings. The highest BCUT2D eigenvalue weighted by Crippen LogP contribution is 2.13. The van der Waals surface area contributed by atoms with Crippen LogP contribution in [0.1, 0.15) is 17.3 Å². The van der Waals surface area contributed by atoms with Crippen LogP contribution in [0, 0.1) is 0 Å². The maximum absolute atomic E-state index is 11.6. The Bertz CT molecular complexity index is 348. The Morgan fingerprint density at radius 3 is 2.47 bits per heavy atom. The van der Waals surface area contributed by atoms with Crippen LogP contribution < -0.4 is 0 Å². The molecule has 0 saturated heterocycles. The van der Waals surface area contributed by atoms with Gasteiger partial charge in [-0.25, -0.2) is 0 Å². The van der Waals surface area contributed by atoms with Gasteiger partial charge in [-0.3, -0.25) is 9.59 Å². The lowest BCUT2D eigenvalue weighted by molar-refractivity contribution is -0.136.